The molecule has 9 heteroatoms. The van der Waals surface area contributed by atoms with Crippen molar-refractivity contribution < 1.29 is 17.9 Å². The topological polar surface area (TPSA) is 99.8 Å². The van der Waals surface area contributed by atoms with Crippen LogP contribution in [0.3, 0.4) is 0 Å². The van der Waals surface area contributed by atoms with Crippen LogP contribution in [0.2, 0.25) is 0 Å². The first-order valence-corrected chi connectivity index (χ1v) is 9.80. The summed E-state index contributed by atoms with van der Waals surface area (Å²) in [5, 5.41) is 2.93. The quantitative estimate of drug-likeness (QED) is 0.628. The van der Waals surface area contributed by atoms with Gasteiger partial charge in [-0.2, -0.15) is 8.42 Å². The lowest BCUT2D eigenvalue weighted by atomic mass is 10.1. The van der Waals surface area contributed by atoms with Crippen LogP contribution in [0, 0.1) is 0 Å². The number of rotatable bonds is 8. The van der Waals surface area contributed by atoms with Gasteiger partial charge in [0.1, 0.15) is 5.75 Å². The van der Waals surface area contributed by atoms with E-state index in [1.54, 1.807) is 12.1 Å². The van der Waals surface area contributed by atoms with Gasteiger partial charge in [-0.05, 0) is 44.1 Å². The van der Waals surface area contributed by atoms with Crippen LogP contribution in [-0.4, -0.2) is 59.1 Å². The Balaban J connectivity index is 2.11. The summed E-state index contributed by atoms with van der Waals surface area (Å²) in [6, 6.07) is 4.91. The average Bonchev–Trinajstić information content (AvgIpc) is 3.06. The highest BCUT2D eigenvalue weighted by molar-refractivity contribution is 7.90. The van der Waals surface area contributed by atoms with Gasteiger partial charge in [0.2, 0.25) is 0 Å². The molecule has 0 saturated carbocycles. The number of amides is 1. The van der Waals surface area contributed by atoms with Gasteiger partial charge in [-0.1, -0.05) is 6.92 Å². The number of nitrogens with zero attached hydrogens (tertiary/aromatic N) is 1. The van der Waals surface area contributed by atoms with E-state index in [1.807, 2.05) is 0 Å². The van der Waals surface area contributed by atoms with Gasteiger partial charge in [0.25, 0.3) is 16.1 Å². The van der Waals surface area contributed by atoms with Gasteiger partial charge >= 0.3 is 0 Å². The third-order valence-electron chi connectivity index (χ3n) is 4.37. The molecule has 1 aromatic rings. The number of likely N-dealkylation sites (tertiary alicyclic amines) is 1. The lowest BCUT2D eigenvalue weighted by Crippen LogP contribution is -2.40. The number of hydrogen-bond acceptors (Lipinski definition) is 5. The van der Waals surface area contributed by atoms with Gasteiger partial charge in [-0.3, -0.25) is 14.4 Å². The van der Waals surface area contributed by atoms with Crippen LogP contribution in [0.5, 0.6) is 5.75 Å². The third kappa shape index (κ3) is 5.07. The van der Waals surface area contributed by atoms with E-state index < -0.39 is 10.2 Å². The van der Waals surface area contributed by atoms with Crippen LogP contribution in [0.25, 0.3) is 0 Å². The van der Waals surface area contributed by atoms with Crippen molar-refractivity contribution in [2.45, 2.75) is 25.8 Å². The summed E-state index contributed by atoms with van der Waals surface area (Å²) in [6.45, 7) is 4.69. The van der Waals surface area contributed by atoms with E-state index in [-0.39, 0.29) is 11.6 Å². The molecule has 0 radical (unpaired) electrons. The second kappa shape index (κ2) is 8.50. The van der Waals surface area contributed by atoms with Crippen LogP contribution in [0.15, 0.2) is 18.2 Å². The Labute approximate surface area is 149 Å². The van der Waals surface area contributed by atoms with Crippen molar-refractivity contribution in [2.75, 3.05) is 38.5 Å². The van der Waals surface area contributed by atoms with Crippen molar-refractivity contribution in [1.82, 2.24) is 14.9 Å². The molecule has 1 saturated heterocycles. The number of hydrogen-bond donors (Lipinski definition) is 3. The third-order valence-corrected chi connectivity index (χ3v) is 5.41. The molecule has 1 unspecified atom stereocenters. The zero-order valence-electron chi connectivity index (χ0n) is 14.8. The van der Waals surface area contributed by atoms with Crippen molar-refractivity contribution in [3.8, 4) is 5.75 Å². The molecule has 0 aliphatic carbocycles. The Kier molecular flexibility index (Phi) is 6.63. The highest BCUT2D eigenvalue weighted by atomic mass is 32.2. The van der Waals surface area contributed by atoms with Crippen molar-refractivity contribution >= 4 is 21.8 Å². The minimum Gasteiger partial charge on any atom is -0.496 e. The molecular weight excluding hydrogens is 344 g/mol. The first kappa shape index (κ1) is 19.5. The van der Waals surface area contributed by atoms with Crippen LogP contribution in [0.4, 0.5) is 5.69 Å². The maximum absolute atomic E-state index is 12.6. The molecular formula is C16H26N4O4S. The molecule has 1 atom stereocenters. The molecule has 140 valence electrons. The van der Waals surface area contributed by atoms with Crippen molar-refractivity contribution in [3.05, 3.63) is 23.8 Å². The number of carbonyl (C=O) groups is 1. The molecule has 1 heterocycles. The molecule has 1 aliphatic heterocycles. The minimum atomic E-state index is -3.65. The Bertz CT molecular complexity index is 708. The van der Waals surface area contributed by atoms with Crippen molar-refractivity contribution in [1.29, 1.82) is 0 Å². The Hall–Kier alpha value is -1.84. The zero-order valence-corrected chi connectivity index (χ0v) is 15.6. The maximum atomic E-state index is 12.6. The largest absolute Gasteiger partial charge is 0.496 e. The average molecular weight is 370 g/mol. The maximum Gasteiger partial charge on any atom is 0.298 e. The van der Waals surface area contributed by atoms with Gasteiger partial charge in [-0.25, -0.2) is 4.72 Å². The normalized spacial score (nSPS) is 18.1. The highest BCUT2D eigenvalue weighted by Gasteiger charge is 2.24. The summed E-state index contributed by atoms with van der Waals surface area (Å²) < 4.78 is 33.0. The first-order valence-electron chi connectivity index (χ1n) is 8.31. The number of carbonyl (C=O) groups excluding carboxylic acids is 1. The number of benzene rings is 1. The fraction of sp³-hybridized carbons (Fsp3) is 0.562. The molecule has 0 spiro atoms. The summed E-state index contributed by atoms with van der Waals surface area (Å²) in [7, 11) is -0.872. The van der Waals surface area contributed by atoms with E-state index in [2.05, 4.69) is 26.6 Å². The minimum absolute atomic E-state index is 0.287. The SMILES string of the molecule is CCN1CCCC1CNC(=O)c1cc(NS(=O)(=O)NC)ccc1OC. The molecule has 8 nitrogen and oxygen atoms in total. The van der Waals surface area contributed by atoms with Crippen molar-refractivity contribution in [2.24, 2.45) is 0 Å². The number of anilines is 1. The Morgan fingerprint density at radius 2 is 2.16 bits per heavy atom. The molecule has 0 bridgehead atoms. The summed E-state index contributed by atoms with van der Waals surface area (Å²) in [6.07, 6.45) is 2.20. The zero-order chi connectivity index (χ0) is 18.4. The van der Waals surface area contributed by atoms with E-state index in [9.17, 15) is 13.2 Å². The standard InChI is InChI=1S/C16H26N4O4S/c1-4-20-9-5-6-13(20)11-18-16(21)14-10-12(7-8-15(14)24-3)19-25(22,23)17-2/h7-8,10,13,17,19H,4-6,9,11H2,1-3H3,(H,18,21). The van der Waals surface area contributed by atoms with E-state index in [4.69, 9.17) is 4.74 Å². The number of nitrogens with one attached hydrogen (secondary N) is 3. The molecule has 3 N–H and O–H groups in total. The second-order valence-electron chi connectivity index (χ2n) is 5.86. The fourth-order valence-corrected chi connectivity index (χ4v) is 3.54. The number of methoxy groups -OCH3 is 1. The van der Waals surface area contributed by atoms with Crippen LogP contribution in [-0.2, 0) is 10.2 Å². The van der Waals surface area contributed by atoms with Gasteiger partial charge < -0.3 is 10.1 Å². The van der Waals surface area contributed by atoms with Crippen LogP contribution >= 0.6 is 0 Å². The number of likely N-dealkylation sites (N-methyl/N-ethyl adjacent to an activating group) is 1. The highest BCUT2D eigenvalue weighted by Crippen LogP contribution is 2.23. The molecule has 2 rings (SSSR count). The monoisotopic (exact) mass is 370 g/mol. The van der Waals surface area contributed by atoms with Crippen molar-refractivity contribution in [3.63, 3.8) is 0 Å². The lowest BCUT2D eigenvalue weighted by Gasteiger charge is -2.23. The van der Waals surface area contributed by atoms with Gasteiger partial charge in [-0.15, -0.1) is 0 Å². The predicted octanol–water partition coefficient (Wildman–Crippen LogP) is 0.785. The molecule has 25 heavy (non-hydrogen) atoms. The van der Waals surface area contributed by atoms with Gasteiger partial charge in [0.15, 0.2) is 0 Å². The first-order chi connectivity index (χ1) is 11.9. The Morgan fingerprint density at radius 3 is 2.80 bits per heavy atom. The lowest BCUT2D eigenvalue weighted by molar-refractivity contribution is 0.0938. The number of ether oxygens (including phenoxy) is 1. The molecule has 0 aromatic heterocycles. The molecule has 1 aliphatic rings. The van der Waals surface area contributed by atoms with E-state index in [1.165, 1.54) is 20.2 Å². The summed E-state index contributed by atoms with van der Waals surface area (Å²) >= 11 is 0. The van der Waals surface area contributed by atoms with E-state index >= 15 is 0 Å². The summed E-state index contributed by atoms with van der Waals surface area (Å²) in [5.41, 5.74) is 0.580. The van der Waals surface area contributed by atoms with Crippen LogP contribution in [0.1, 0.15) is 30.1 Å². The summed E-state index contributed by atoms with van der Waals surface area (Å²) in [4.78, 5) is 14.9. The van der Waals surface area contributed by atoms with Gasteiger partial charge in [0.05, 0.1) is 18.4 Å². The molecule has 1 amide bonds. The Morgan fingerprint density at radius 1 is 1.40 bits per heavy atom. The second-order valence-corrected chi connectivity index (χ2v) is 7.48. The molecule has 1 aromatic carbocycles. The van der Waals surface area contributed by atoms with Gasteiger partial charge in [0, 0.05) is 19.6 Å². The van der Waals surface area contributed by atoms with Crippen LogP contribution < -0.4 is 19.5 Å². The fourth-order valence-electron chi connectivity index (χ4n) is 3.00. The van der Waals surface area contributed by atoms with E-state index in [0.29, 0.717) is 23.9 Å². The smallest absolute Gasteiger partial charge is 0.298 e. The molecule has 1 fully saturated rings. The predicted molar refractivity (Wildman–Crippen MR) is 97.2 cm³/mol. The summed E-state index contributed by atoms with van der Waals surface area (Å²) in [5.74, 6) is 0.106. The van der Waals surface area contributed by atoms with E-state index in [0.717, 1.165) is 25.9 Å².